The minimum Gasteiger partial charge on any atom is -0.497 e. The van der Waals surface area contributed by atoms with E-state index in [9.17, 15) is 14.7 Å². The summed E-state index contributed by atoms with van der Waals surface area (Å²) in [6, 6.07) is 7.14. The molecular weight excluding hydrogens is 294 g/mol. The summed E-state index contributed by atoms with van der Waals surface area (Å²) < 4.78 is 5.14. The number of carboxylic acid groups (broad SMARTS) is 1. The molecule has 0 aliphatic heterocycles. The van der Waals surface area contributed by atoms with Gasteiger partial charge < -0.3 is 15.2 Å². The van der Waals surface area contributed by atoms with Crippen LogP contribution < -0.4 is 10.1 Å². The fourth-order valence-electron chi connectivity index (χ4n) is 3.33. The third-order valence-corrected chi connectivity index (χ3v) is 5.01. The number of amides is 1. The monoisotopic (exact) mass is 319 g/mol. The van der Waals surface area contributed by atoms with Crippen molar-refractivity contribution in [1.29, 1.82) is 0 Å². The molecule has 1 aliphatic rings. The molecule has 2 N–H and O–H groups in total. The van der Waals surface area contributed by atoms with E-state index >= 15 is 0 Å². The van der Waals surface area contributed by atoms with Crippen molar-refractivity contribution in [3.63, 3.8) is 0 Å². The number of benzene rings is 1. The maximum absolute atomic E-state index is 12.7. The van der Waals surface area contributed by atoms with Gasteiger partial charge in [-0.05, 0) is 43.9 Å². The molecule has 1 amide bonds. The Balaban J connectivity index is 2.12. The summed E-state index contributed by atoms with van der Waals surface area (Å²) in [5.74, 6) is -0.465. The van der Waals surface area contributed by atoms with Crippen LogP contribution in [-0.2, 0) is 9.59 Å². The lowest BCUT2D eigenvalue weighted by molar-refractivity contribution is -0.149. The molecule has 5 heteroatoms. The molecule has 23 heavy (non-hydrogen) atoms. The van der Waals surface area contributed by atoms with Crippen molar-refractivity contribution in [2.45, 2.75) is 51.5 Å². The number of carbonyl (C=O) groups is 2. The summed E-state index contributed by atoms with van der Waals surface area (Å²) in [5, 5.41) is 12.4. The number of carboxylic acids is 1. The first-order valence-electron chi connectivity index (χ1n) is 8.10. The van der Waals surface area contributed by atoms with Gasteiger partial charge >= 0.3 is 5.97 Å². The molecule has 1 aromatic rings. The number of carbonyl (C=O) groups excluding carboxylic acids is 1. The van der Waals surface area contributed by atoms with Crippen molar-refractivity contribution in [2.75, 3.05) is 7.11 Å². The predicted molar refractivity (Wildman–Crippen MR) is 87.6 cm³/mol. The zero-order valence-corrected chi connectivity index (χ0v) is 14.0. The molecule has 0 radical (unpaired) electrons. The fourth-order valence-corrected chi connectivity index (χ4v) is 3.33. The van der Waals surface area contributed by atoms with Gasteiger partial charge in [0.05, 0.1) is 18.4 Å². The molecule has 126 valence electrons. The van der Waals surface area contributed by atoms with Gasteiger partial charge in [-0.3, -0.25) is 9.59 Å². The van der Waals surface area contributed by atoms with Crippen LogP contribution in [0.15, 0.2) is 24.3 Å². The lowest BCUT2D eigenvalue weighted by atomic mass is 9.84. The summed E-state index contributed by atoms with van der Waals surface area (Å²) >= 11 is 0. The normalized spacial score (nSPS) is 24.9. The van der Waals surface area contributed by atoms with Gasteiger partial charge in [-0.2, -0.15) is 0 Å². The highest BCUT2D eigenvalue weighted by molar-refractivity contribution is 5.85. The van der Waals surface area contributed by atoms with Crippen LogP contribution in [0.2, 0.25) is 0 Å². The number of hydrogen-bond acceptors (Lipinski definition) is 3. The zero-order chi connectivity index (χ0) is 17.0. The van der Waals surface area contributed by atoms with Gasteiger partial charge in [-0.15, -0.1) is 0 Å². The maximum Gasteiger partial charge on any atom is 0.311 e. The van der Waals surface area contributed by atoms with Crippen LogP contribution in [0.5, 0.6) is 5.75 Å². The number of ether oxygens (including phenoxy) is 1. The van der Waals surface area contributed by atoms with E-state index in [1.54, 1.807) is 14.0 Å². The van der Waals surface area contributed by atoms with Crippen LogP contribution in [0.1, 0.15) is 51.0 Å². The zero-order valence-electron chi connectivity index (χ0n) is 14.0. The van der Waals surface area contributed by atoms with Crippen molar-refractivity contribution in [2.24, 2.45) is 5.41 Å². The van der Waals surface area contributed by atoms with Gasteiger partial charge in [0.15, 0.2) is 0 Å². The van der Waals surface area contributed by atoms with Crippen molar-refractivity contribution in [3.8, 4) is 5.75 Å². The van der Waals surface area contributed by atoms with Crippen LogP contribution in [0.3, 0.4) is 0 Å². The molecule has 0 aromatic heterocycles. The minimum atomic E-state index is -0.867. The SMILES string of the molecule is CCC(C(=O)NC1CCCC1(C)C(=O)O)c1ccc(OC)cc1. The summed E-state index contributed by atoms with van der Waals surface area (Å²) in [5.41, 5.74) is 0.0502. The minimum absolute atomic E-state index is 0.1000. The van der Waals surface area contributed by atoms with Crippen molar-refractivity contribution in [1.82, 2.24) is 5.32 Å². The average Bonchev–Trinajstić information content (AvgIpc) is 2.91. The highest BCUT2D eigenvalue weighted by Gasteiger charge is 2.46. The van der Waals surface area contributed by atoms with Crippen LogP contribution in [0.4, 0.5) is 0 Å². The number of nitrogens with one attached hydrogen (secondary N) is 1. The third-order valence-electron chi connectivity index (χ3n) is 5.01. The summed E-state index contributed by atoms with van der Waals surface area (Å²) in [6.07, 6.45) is 2.81. The first kappa shape index (κ1) is 17.3. The second-order valence-corrected chi connectivity index (χ2v) is 6.41. The molecule has 0 saturated heterocycles. The third kappa shape index (κ3) is 3.49. The standard InChI is InChI=1S/C18H25NO4/c1-4-14(12-7-9-13(23-3)10-8-12)16(20)19-15-6-5-11-18(15,2)17(21)22/h7-10,14-15H,4-6,11H2,1-3H3,(H,19,20)(H,21,22). The number of methoxy groups -OCH3 is 1. The van der Waals surface area contributed by atoms with Gasteiger partial charge in [0.25, 0.3) is 0 Å². The Bertz CT molecular complexity index is 569. The van der Waals surface area contributed by atoms with Crippen LogP contribution in [0.25, 0.3) is 0 Å². The topological polar surface area (TPSA) is 75.6 Å². The number of rotatable bonds is 6. The molecule has 1 fully saturated rings. The van der Waals surface area contributed by atoms with Crippen LogP contribution in [-0.4, -0.2) is 30.1 Å². The van der Waals surface area contributed by atoms with Crippen molar-refractivity contribution in [3.05, 3.63) is 29.8 Å². The second kappa shape index (κ2) is 7.02. The van der Waals surface area contributed by atoms with Gasteiger partial charge in [-0.25, -0.2) is 0 Å². The largest absolute Gasteiger partial charge is 0.497 e. The van der Waals surface area contributed by atoms with Crippen molar-refractivity contribution < 1.29 is 19.4 Å². The van der Waals surface area contributed by atoms with Crippen LogP contribution >= 0.6 is 0 Å². The smallest absolute Gasteiger partial charge is 0.311 e. The van der Waals surface area contributed by atoms with E-state index < -0.39 is 11.4 Å². The molecule has 3 unspecified atom stereocenters. The Morgan fingerprint density at radius 3 is 2.57 bits per heavy atom. The lowest BCUT2D eigenvalue weighted by Gasteiger charge is -2.29. The number of hydrogen-bond donors (Lipinski definition) is 2. The van der Waals surface area contributed by atoms with Gasteiger partial charge in [-0.1, -0.05) is 25.5 Å². The summed E-state index contributed by atoms with van der Waals surface area (Å²) in [4.78, 5) is 24.2. The Labute approximate surface area is 137 Å². The van der Waals surface area contributed by atoms with Crippen LogP contribution in [0, 0.1) is 5.41 Å². The van der Waals surface area contributed by atoms with E-state index in [-0.39, 0.29) is 17.9 Å². The van der Waals surface area contributed by atoms with E-state index in [0.717, 1.165) is 17.7 Å². The first-order valence-corrected chi connectivity index (χ1v) is 8.10. The quantitative estimate of drug-likeness (QED) is 0.845. The van der Waals surface area contributed by atoms with E-state index in [1.807, 2.05) is 31.2 Å². The fraction of sp³-hybridized carbons (Fsp3) is 0.556. The van der Waals surface area contributed by atoms with E-state index in [2.05, 4.69) is 5.32 Å². The molecule has 2 rings (SSSR count). The molecular formula is C18H25NO4. The van der Waals surface area contributed by atoms with Gasteiger partial charge in [0.2, 0.25) is 5.91 Å². The Morgan fingerprint density at radius 2 is 2.04 bits per heavy atom. The maximum atomic E-state index is 12.7. The molecule has 3 atom stereocenters. The Kier molecular flexibility index (Phi) is 5.29. The second-order valence-electron chi connectivity index (χ2n) is 6.41. The van der Waals surface area contributed by atoms with E-state index in [4.69, 9.17) is 4.74 Å². The number of aliphatic carboxylic acids is 1. The van der Waals surface area contributed by atoms with Gasteiger partial charge in [0, 0.05) is 6.04 Å². The van der Waals surface area contributed by atoms with Gasteiger partial charge in [0.1, 0.15) is 5.75 Å². The molecule has 5 nitrogen and oxygen atoms in total. The highest BCUT2D eigenvalue weighted by atomic mass is 16.5. The molecule has 1 aliphatic carbocycles. The van der Waals surface area contributed by atoms with Crippen molar-refractivity contribution >= 4 is 11.9 Å². The first-order chi connectivity index (χ1) is 10.9. The molecule has 0 bridgehead atoms. The molecule has 1 saturated carbocycles. The average molecular weight is 319 g/mol. The molecule has 0 heterocycles. The predicted octanol–water partition coefficient (Wildman–Crippen LogP) is 2.95. The highest BCUT2D eigenvalue weighted by Crippen LogP contribution is 2.38. The van der Waals surface area contributed by atoms with E-state index in [1.165, 1.54) is 0 Å². The Morgan fingerprint density at radius 1 is 1.39 bits per heavy atom. The van der Waals surface area contributed by atoms with E-state index in [0.29, 0.717) is 19.3 Å². The Hall–Kier alpha value is -2.04. The molecule has 1 aromatic carbocycles. The summed E-state index contributed by atoms with van der Waals surface area (Å²) in [6.45, 7) is 3.68. The summed E-state index contributed by atoms with van der Waals surface area (Å²) in [7, 11) is 1.60. The molecule has 0 spiro atoms. The lowest BCUT2D eigenvalue weighted by Crippen LogP contribution is -2.48.